The zero-order valence-corrected chi connectivity index (χ0v) is 14.6. The Kier molecular flexibility index (Phi) is 5.87. The molecular weight excluding hydrogens is 326 g/mol. The quantitative estimate of drug-likeness (QED) is 0.839. The van der Waals surface area contributed by atoms with Crippen molar-refractivity contribution in [1.29, 1.82) is 0 Å². The van der Waals surface area contributed by atoms with Gasteiger partial charge in [-0.3, -0.25) is 4.90 Å². The molecule has 1 heterocycles. The normalized spacial score (nSPS) is 17.5. The summed E-state index contributed by atoms with van der Waals surface area (Å²) in [6.07, 6.45) is 3.05. The fourth-order valence-electron chi connectivity index (χ4n) is 3.22. The second-order valence-electron chi connectivity index (χ2n) is 5.98. The first kappa shape index (κ1) is 17.4. The summed E-state index contributed by atoms with van der Waals surface area (Å²) in [6.45, 7) is 3.58. The highest BCUT2D eigenvalue weighted by molar-refractivity contribution is 7.98. The minimum absolute atomic E-state index is 0.193. The number of benzene rings is 2. The zero-order chi connectivity index (χ0) is 16.9. The molecule has 2 nitrogen and oxygen atoms in total. The molecule has 2 aromatic carbocycles. The summed E-state index contributed by atoms with van der Waals surface area (Å²) in [5, 5.41) is 3.38. The van der Waals surface area contributed by atoms with Crippen LogP contribution in [0.3, 0.4) is 0 Å². The van der Waals surface area contributed by atoms with Crippen LogP contribution in [0.4, 0.5) is 8.78 Å². The SMILES string of the molecule is CSc1ccc(C(c2ccc(F)cc2F)N2CCCNCC2)cc1. The molecular formula is C19H22F2N2S. The van der Waals surface area contributed by atoms with Crippen LogP contribution in [0.2, 0.25) is 0 Å². The van der Waals surface area contributed by atoms with Crippen molar-refractivity contribution in [3.05, 3.63) is 65.2 Å². The van der Waals surface area contributed by atoms with Crippen LogP contribution in [0.1, 0.15) is 23.6 Å². The van der Waals surface area contributed by atoms with Crippen LogP contribution in [0, 0.1) is 11.6 Å². The number of halogens is 2. The van der Waals surface area contributed by atoms with Crippen LogP contribution in [0.25, 0.3) is 0 Å². The average Bonchev–Trinajstić information content (AvgIpc) is 2.87. The number of nitrogens with one attached hydrogen (secondary N) is 1. The number of nitrogens with zero attached hydrogens (tertiary/aromatic N) is 1. The molecule has 0 radical (unpaired) electrons. The second-order valence-corrected chi connectivity index (χ2v) is 6.86. The largest absolute Gasteiger partial charge is 0.315 e. The van der Waals surface area contributed by atoms with Gasteiger partial charge in [0.2, 0.25) is 0 Å². The van der Waals surface area contributed by atoms with Crippen molar-refractivity contribution in [2.45, 2.75) is 17.4 Å². The van der Waals surface area contributed by atoms with Crippen LogP contribution < -0.4 is 5.32 Å². The fourth-order valence-corrected chi connectivity index (χ4v) is 3.63. The third-order valence-corrected chi connectivity index (χ3v) is 5.17. The first-order valence-corrected chi connectivity index (χ1v) is 9.45. The topological polar surface area (TPSA) is 15.3 Å². The number of rotatable bonds is 4. The van der Waals surface area contributed by atoms with Gasteiger partial charge >= 0.3 is 0 Å². The molecule has 1 atom stereocenters. The van der Waals surface area contributed by atoms with Crippen molar-refractivity contribution in [2.75, 3.05) is 32.4 Å². The number of hydrogen-bond donors (Lipinski definition) is 1. The van der Waals surface area contributed by atoms with E-state index in [0.29, 0.717) is 5.56 Å². The van der Waals surface area contributed by atoms with Crippen molar-refractivity contribution in [1.82, 2.24) is 10.2 Å². The molecule has 3 rings (SSSR count). The van der Waals surface area contributed by atoms with Gasteiger partial charge < -0.3 is 5.32 Å². The Morgan fingerprint density at radius 1 is 1.04 bits per heavy atom. The van der Waals surface area contributed by atoms with Crippen molar-refractivity contribution < 1.29 is 8.78 Å². The molecule has 0 spiro atoms. The lowest BCUT2D eigenvalue weighted by Crippen LogP contribution is -2.33. The van der Waals surface area contributed by atoms with Crippen LogP contribution in [0.15, 0.2) is 47.4 Å². The zero-order valence-electron chi connectivity index (χ0n) is 13.8. The van der Waals surface area contributed by atoms with Crippen molar-refractivity contribution in [3.8, 4) is 0 Å². The molecule has 0 amide bonds. The Bertz CT molecular complexity index is 668. The summed E-state index contributed by atoms with van der Waals surface area (Å²) >= 11 is 1.68. The molecule has 0 saturated carbocycles. The molecule has 1 fully saturated rings. The third kappa shape index (κ3) is 3.97. The van der Waals surface area contributed by atoms with Gasteiger partial charge in [-0.05, 0) is 43.0 Å². The predicted molar refractivity (Wildman–Crippen MR) is 95.5 cm³/mol. The molecule has 1 aliphatic rings. The van der Waals surface area contributed by atoms with Gasteiger partial charge in [-0.25, -0.2) is 8.78 Å². The standard InChI is InChI=1S/C19H22F2N2S/c1-24-16-6-3-14(4-7-16)19(23-11-2-9-22-10-12-23)17-8-5-15(20)13-18(17)21/h3-8,13,19,22H,2,9-12H2,1H3. The van der Waals surface area contributed by atoms with Gasteiger partial charge in [0.05, 0.1) is 6.04 Å². The molecule has 0 aromatic heterocycles. The first-order chi connectivity index (χ1) is 11.7. The van der Waals surface area contributed by atoms with E-state index in [2.05, 4.69) is 34.5 Å². The minimum Gasteiger partial charge on any atom is -0.315 e. The van der Waals surface area contributed by atoms with Gasteiger partial charge in [-0.2, -0.15) is 0 Å². The van der Waals surface area contributed by atoms with Gasteiger partial charge in [0.1, 0.15) is 11.6 Å². The van der Waals surface area contributed by atoms with Crippen molar-refractivity contribution >= 4 is 11.8 Å². The smallest absolute Gasteiger partial charge is 0.131 e. The maximum Gasteiger partial charge on any atom is 0.131 e. The van der Waals surface area contributed by atoms with Gasteiger partial charge in [-0.1, -0.05) is 18.2 Å². The van der Waals surface area contributed by atoms with E-state index in [1.54, 1.807) is 17.8 Å². The summed E-state index contributed by atoms with van der Waals surface area (Å²) in [7, 11) is 0. The lowest BCUT2D eigenvalue weighted by atomic mass is 9.96. The van der Waals surface area contributed by atoms with E-state index in [-0.39, 0.29) is 6.04 Å². The lowest BCUT2D eigenvalue weighted by Gasteiger charge is -2.31. The molecule has 5 heteroatoms. The molecule has 128 valence electrons. The summed E-state index contributed by atoms with van der Waals surface area (Å²) in [4.78, 5) is 3.46. The Balaban J connectivity index is 2.01. The molecule has 1 unspecified atom stereocenters. The Morgan fingerprint density at radius 2 is 1.83 bits per heavy atom. The first-order valence-electron chi connectivity index (χ1n) is 8.22. The molecule has 1 saturated heterocycles. The minimum atomic E-state index is -0.537. The van der Waals surface area contributed by atoms with E-state index in [4.69, 9.17) is 0 Å². The molecule has 1 aliphatic heterocycles. The van der Waals surface area contributed by atoms with E-state index in [1.807, 2.05) is 6.26 Å². The maximum atomic E-state index is 14.5. The van der Waals surface area contributed by atoms with Crippen LogP contribution in [0.5, 0.6) is 0 Å². The van der Waals surface area contributed by atoms with E-state index in [1.165, 1.54) is 11.0 Å². The number of hydrogen-bond acceptors (Lipinski definition) is 3. The maximum absolute atomic E-state index is 14.5. The monoisotopic (exact) mass is 348 g/mol. The Morgan fingerprint density at radius 3 is 2.54 bits per heavy atom. The fraction of sp³-hybridized carbons (Fsp3) is 0.368. The van der Waals surface area contributed by atoms with Crippen LogP contribution in [-0.4, -0.2) is 37.3 Å². The van der Waals surface area contributed by atoms with Crippen molar-refractivity contribution in [2.24, 2.45) is 0 Å². The molecule has 0 bridgehead atoms. The van der Waals surface area contributed by atoms with Crippen LogP contribution >= 0.6 is 11.8 Å². The van der Waals surface area contributed by atoms with Gasteiger partial charge in [0.15, 0.2) is 0 Å². The van der Waals surface area contributed by atoms with E-state index >= 15 is 0 Å². The van der Waals surface area contributed by atoms with Gasteiger partial charge in [-0.15, -0.1) is 11.8 Å². The molecule has 0 aliphatic carbocycles. The molecule has 24 heavy (non-hydrogen) atoms. The summed E-state index contributed by atoms with van der Waals surface area (Å²) in [6, 6.07) is 11.9. The van der Waals surface area contributed by atoms with E-state index in [0.717, 1.165) is 44.2 Å². The molecule has 1 N–H and O–H groups in total. The lowest BCUT2D eigenvalue weighted by molar-refractivity contribution is 0.236. The third-order valence-electron chi connectivity index (χ3n) is 4.43. The molecule has 2 aromatic rings. The highest BCUT2D eigenvalue weighted by atomic mass is 32.2. The Hall–Kier alpha value is -1.43. The average molecular weight is 348 g/mol. The van der Waals surface area contributed by atoms with E-state index in [9.17, 15) is 8.78 Å². The summed E-state index contributed by atoms with van der Waals surface area (Å²) in [5.74, 6) is -1.02. The predicted octanol–water partition coefficient (Wildman–Crippen LogP) is 4.07. The second kappa shape index (κ2) is 8.10. The highest BCUT2D eigenvalue weighted by Gasteiger charge is 2.25. The van der Waals surface area contributed by atoms with Gasteiger partial charge in [0, 0.05) is 36.2 Å². The van der Waals surface area contributed by atoms with E-state index < -0.39 is 11.6 Å². The Labute approximate surface area is 146 Å². The number of thioether (sulfide) groups is 1. The van der Waals surface area contributed by atoms with Crippen LogP contribution in [-0.2, 0) is 0 Å². The summed E-state index contributed by atoms with van der Waals surface area (Å²) in [5.41, 5.74) is 1.58. The summed E-state index contributed by atoms with van der Waals surface area (Å²) < 4.78 is 27.9. The highest BCUT2D eigenvalue weighted by Crippen LogP contribution is 2.32. The van der Waals surface area contributed by atoms with Gasteiger partial charge in [0.25, 0.3) is 0 Å². The van der Waals surface area contributed by atoms with Crippen molar-refractivity contribution in [3.63, 3.8) is 0 Å².